The first-order valence-corrected chi connectivity index (χ1v) is 8.46. The summed E-state index contributed by atoms with van der Waals surface area (Å²) in [5.74, 6) is 0.0145. The number of anilines is 1. The number of benzene rings is 1. The van der Waals surface area contributed by atoms with Crippen LogP contribution in [0, 0.1) is 0 Å². The van der Waals surface area contributed by atoms with Gasteiger partial charge in [0.25, 0.3) is 0 Å². The standard InChI is InChI=1S/C17H27N2O3P/c1-17(2,3)22-16(21)18-11-6-4-5-10-15(20)19-13-8-7-9-14(23)12-13/h7-9,12H,4-6,10-11,23H2,1-3H3,(H,18,21)(H,19,20). The van der Waals surface area contributed by atoms with Crippen LogP contribution in [0.1, 0.15) is 46.5 Å². The number of rotatable bonds is 7. The summed E-state index contributed by atoms with van der Waals surface area (Å²) in [5.41, 5.74) is 0.338. The Bertz CT molecular complexity index is 527. The molecule has 1 aromatic carbocycles. The van der Waals surface area contributed by atoms with Crippen molar-refractivity contribution in [3.05, 3.63) is 24.3 Å². The van der Waals surface area contributed by atoms with E-state index in [1.54, 1.807) is 0 Å². The van der Waals surface area contributed by atoms with Crippen molar-refractivity contribution >= 4 is 32.2 Å². The maximum absolute atomic E-state index is 11.8. The number of nitrogens with one attached hydrogen (secondary N) is 2. The zero-order chi connectivity index (χ0) is 17.3. The van der Waals surface area contributed by atoms with Gasteiger partial charge in [0.15, 0.2) is 0 Å². The molecule has 0 fully saturated rings. The summed E-state index contributed by atoms with van der Waals surface area (Å²) in [6, 6.07) is 7.64. The number of ether oxygens (including phenoxy) is 1. The maximum atomic E-state index is 11.8. The fourth-order valence-electron chi connectivity index (χ4n) is 1.93. The van der Waals surface area contributed by atoms with Gasteiger partial charge >= 0.3 is 6.09 Å². The van der Waals surface area contributed by atoms with Gasteiger partial charge in [-0.3, -0.25) is 4.79 Å². The molecule has 0 saturated heterocycles. The number of unbranched alkanes of at least 4 members (excludes halogenated alkanes) is 2. The Kier molecular flexibility index (Phi) is 8.04. The second kappa shape index (κ2) is 9.51. The van der Waals surface area contributed by atoms with E-state index in [-0.39, 0.29) is 5.91 Å². The lowest BCUT2D eigenvalue weighted by Gasteiger charge is -2.19. The minimum absolute atomic E-state index is 0.0145. The second-order valence-corrected chi connectivity index (χ2v) is 7.08. The molecule has 6 heteroatoms. The number of hydrogen-bond donors (Lipinski definition) is 2. The van der Waals surface area contributed by atoms with Crippen LogP contribution >= 0.6 is 9.24 Å². The van der Waals surface area contributed by atoms with Gasteiger partial charge < -0.3 is 15.4 Å². The summed E-state index contributed by atoms with van der Waals surface area (Å²) in [6.45, 7) is 6.06. The van der Waals surface area contributed by atoms with Gasteiger partial charge in [-0.2, -0.15) is 0 Å². The van der Waals surface area contributed by atoms with E-state index >= 15 is 0 Å². The SMILES string of the molecule is CC(C)(C)OC(=O)NCCCCCC(=O)Nc1cccc(P)c1. The smallest absolute Gasteiger partial charge is 0.407 e. The minimum Gasteiger partial charge on any atom is -0.444 e. The third-order valence-corrected chi connectivity index (χ3v) is 3.28. The van der Waals surface area contributed by atoms with Gasteiger partial charge in [0.05, 0.1) is 0 Å². The Balaban J connectivity index is 2.09. The van der Waals surface area contributed by atoms with Crippen LogP contribution in [0.25, 0.3) is 0 Å². The second-order valence-electron chi connectivity index (χ2n) is 6.41. The van der Waals surface area contributed by atoms with Crippen LogP contribution < -0.4 is 15.9 Å². The van der Waals surface area contributed by atoms with Crippen LogP contribution in [-0.4, -0.2) is 24.1 Å². The van der Waals surface area contributed by atoms with Crippen molar-refractivity contribution in [2.24, 2.45) is 0 Å². The van der Waals surface area contributed by atoms with Crippen LogP contribution in [0.4, 0.5) is 10.5 Å². The molecule has 0 heterocycles. The predicted octanol–water partition coefficient (Wildman–Crippen LogP) is 3.21. The van der Waals surface area contributed by atoms with E-state index in [2.05, 4.69) is 19.9 Å². The lowest BCUT2D eigenvalue weighted by atomic mass is 10.2. The molecule has 23 heavy (non-hydrogen) atoms. The molecule has 1 atom stereocenters. The number of hydrogen-bond acceptors (Lipinski definition) is 3. The number of alkyl carbamates (subject to hydrolysis) is 1. The fraction of sp³-hybridized carbons (Fsp3) is 0.529. The molecule has 128 valence electrons. The molecule has 5 nitrogen and oxygen atoms in total. The van der Waals surface area contributed by atoms with Gasteiger partial charge in [0, 0.05) is 18.7 Å². The van der Waals surface area contributed by atoms with E-state index in [9.17, 15) is 9.59 Å². The Morgan fingerprint density at radius 2 is 1.91 bits per heavy atom. The highest BCUT2D eigenvalue weighted by molar-refractivity contribution is 7.27. The van der Waals surface area contributed by atoms with E-state index in [1.165, 1.54) is 0 Å². The maximum Gasteiger partial charge on any atom is 0.407 e. The van der Waals surface area contributed by atoms with Crippen molar-refractivity contribution < 1.29 is 14.3 Å². The number of carbonyl (C=O) groups is 2. The normalized spacial score (nSPS) is 11.0. The molecule has 0 aliphatic heterocycles. The van der Waals surface area contributed by atoms with E-state index in [0.29, 0.717) is 13.0 Å². The molecule has 0 bridgehead atoms. The molecule has 1 aromatic rings. The summed E-state index contributed by atoms with van der Waals surface area (Å²) in [7, 11) is 2.60. The van der Waals surface area contributed by atoms with Crippen LogP contribution in [0.5, 0.6) is 0 Å². The summed E-state index contributed by atoms with van der Waals surface area (Å²) in [5, 5.41) is 6.62. The quantitative estimate of drug-likeness (QED) is 0.592. The fourth-order valence-corrected chi connectivity index (χ4v) is 2.22. The molecule has 1 rings (SSSR count). The monoisotopic (exact) mass is 338 g/mol. The van der Waals surface area contributed by atoms with Crippen molar-refractivity contribution in [2.45, 2.75) is 52.1 Å². The summed E-state index contributed by atoms with van der Waals surface area (Å²) in [4.78, 5) is 23.2. The van der Waals surface area contributed by atoms with Gasteiger partial charge in [-0.1, -0.05) is 18.6 Å². The van der Waals surface area contributed by atoms with Gasteiger partial charge in [-0.15, -0.1) is 9.24 Å². The minimum atomic E-state index is -0.476. The molecule has 0 saturated carbocycles. The van der Waals surface area contributed by atoms with Crippen molar-refractivity contribution in [3.8, 4) is 0 Å². The van der Waals surface area contributed by atoms with Crippen molar-refractivity contribution in [1.29, 1.82) is 0 Å². The molecule has 1 unspecified atom stereocenters. The Morgan fingerprint density at radius 1 is 1.17 bits per heavy atom. The third-order valence-electron chi connectivity index (χ3n) is 2.92. The summed E-state index contributed by atoms with van der Waals surface area (Å²) < 4.78 is 5.14. The lowest BCUT2D eigenvalue weighted by Crippen LogP contribution is -2.33. The number of amides is 2. The predicted molar refractivity (Wildman–Crippen MR) is 97.1 cm³/mol. The van der Waals surface area contributed by atoms with Gasteiger partial charge in [-0.25, -0.2) is 4.79 Å². The van der Waals surface area contributed by atoms with Gasteiger partial charge in [0.1, 0.15) is 5.60 Å². The van der Waals surface area contributed by atoms with Gasteiger partial charge in [-0.05, 0) is 51.1 Å². The topological polar surface area (TPSA) is 67.4 Å². The average Bonchev–Trinajstić information content (AvgIpc) is 2.40. The highest BCUT2D eigenvalue weighted by Crippen LogP contribution is 2.08. The molecular formula is C17H27N2O3P. The van der Waals surface area contributed by atoms with Gasteiger partial charge in [0.2, 0.25) is 5.91 Å². The summed E-state index contributed by atoms with van der Waals surface area (Å²) >= 11 is 0. The average molecular weight is 338 g/mol. The zero-order valence-corrected chi connectivity index (χ0v) is 15.3. The molecule has 0 aliphatic rings. The first kappa shape index (κ1) is 19.4. The molecule has 0 aliphatic carbocycles. The highest BCUT2D eigenvalue weighted by atomic mass is 31.0. The Hall–Kier alpha value is -1.61. The van der Waals surface area contributed by atoms with Crippen LogP contribution in [0.15, 0.2) is 24.3 Å². The molecule has 2 amide bonds. The van der Waals surface area contributed by atoms with Crippen LogP contribution in [0.3, 0.4) is 0 Å². The highest BCUT2D eigenvalue weighted by Gasteiger charge is 2.15. The first-order valence-electron chi connectivity index (χ1n) is 7.88. The van der Waals surface area contributed by atoms with Crippen molar-refractivity contribution in [3.63, 3.8) is 0 Å². The third kappa shape index (κ3) is 9.90. The lowest BCUT2D eigenvalue weighted by molar-refractivity contribution is -0.116. The number of carbonyl (C=O) groups excluding carboxylic acids is 2. The van der Waals surface area contributed by atoms with Crippen molar-refractivity contribution in [2.75, 3.05) is 11.9 Å². The molecule has 2 N–H and O–H groups in total. The van der Waals surface area contributed by atoms with E-state index in [4.69, 9.17) is 4.74 Å². The zero-order valence-electron chi connectivity index (χ0n) is 14.1. The largest absolute Gasteiger partial charge is 0.444 e. The van der Waals surface area contributed by atoms with Crippen LogP contribution in [0.2, 0.25) is 0 Å². The van der Waals surface area contributed by atoms with E-state index in [0.717, 1.165) is 30.3 Å². The van der Waals surface area contributed by atoms with Crippen LogP contribution in [-0.2, 0) is 9.53 Å². The molecule has 0 spiro atoms. The summed E-state index contributed by atoms with van der Waals surface area (Å²) in [6.07, 6.45) is 2.59. The van der Waals surface area contributed by atoms with E-state index < -0.39 is 11.7 Å². The molecule has 0 radical (unpaired) electrons. The first-order chi connectivity index (χ1) is 10.8. The molecule has 0 aromatic heterocycles. The Labute approximate surface area is 140 Å². The van der Waals surface area contributed by atoms with Crippen molar-refractivity contribution in [1.82, 2.24) is 5.32 Å². The van der Waals surface area contributed by atoms with E-state index in [1.807, 2.05) is 45.0 Å². The molecular weight excluding hydrogens is 311 g/mol. The Morgan fingerprint density at radius 3 is 2.57 bits per heavy atom.